The summed E-state index contributed by atoms with van der Waals surface area (Å²) < 4.78 is 10.5. The van der Waals surface area contributed by atoms with Crippen molar-refractivity contribution < 1.29 is 9.47 Å². The Bertz CT molecular complexity index is 412. The van der Waals surface area contributed by atoms with Crippen molar-refractivity contribution in [3.63, 3.8) is 0 Å². The molecule has 1 aliphatic heterocycles. The standard InChI is InChI=1S/C12H14N2O2/c1-2-5-14-10(7-13)9-3-4-11-12(6-9)16-8-15-11/h1,3-4,6,10,14H,5,7-8,13H2. The van der Waals surface area contributed by atoms with Crippen molar-refractivity contribution in [1.82, 2.24) is 5.32 Å². The predicted molar refractivity (Wildman–Crippen MR) is 61.2 cm³/mol. The van der Waals surface area contributed by atoms with Crippen LogP contribution in [0.5, 0.6) is 11.5 Å². The van der Waals surface area contributed by atoms with Crippen LogP contribution in [0.2, 0.25) is 0 Å². The molecule has 3 N–H and O–H groups in total. The lowest BCUT2D eigenvalue weighted by Crippen LogP contribution is -2.28. The summed E-state index contributed by atoms with van der Waals surface area (Å²) in [6.45, 7) is 1.27. The molecule has 84 valence electrons. The largest absolute Gasteiger partial charge is 0.454 e. The molecule has 0 aromatic heterocycles. The normalized spacial score (nSPS) is 14.5. The Labute approximate surface area is 94.7 Å². The van der Waals surface area contributed by atoms with E-state index in [1.54, 1.807) is 0 Å². The average Bonchev–Trinajstić information content (AvgIpc) is 2.77. The van der Waals surface area contributed by atoms with Crippen molar-refractivity contribution in [2.75, 3.05) is 19.9 Å². The zero-order valence-electron chi connectivity index (χ0n) is 8.90. The number of benzene rings is 1. The quantitative estimate of drug-likeness (QED) is 0.728. The highest BCUT2D eigenvalue weighted by Gasteiger charge is 2.16. The molecule has 1 atom stereocenters. The van der Waals surface area contributed by atoms with Crippen LogP contribution in [-0.4, -0.2) is 19.9 Å². The number of ether oxygens (including phenoxy) is 2. The molecule has 0 radical (unpaired) electrons. The van der Waals surface area contributed by atoms with Gasteiger partial charge in [-0.05, 0) is 17.7 Å². The van der Waals surface area contributed by atoms with Gasteiger partial charge >= 0.3 is 0 Å². The van der Waals surface area contributed by atoms with Gasteiger partial charge in [0.2, 0.25) is 6.79 Å². The zero-order chi connectivity index (χ0) is 11.4. The Morgan fingerprint density at radius 1 is 1.44 bits per heavy atom. The summed E-state index contributed by atoms with van der Waals surface area (Å²) in [5.41, 5.74) is 6.75. The molecule has 0 amide bonds. The Balaban J connectivity index is 2.16. The lowest BCUT2D eigenvalue weighted by atomic mass is 10.1. The molecule has 4 heteroatoms. The fourth-order valence-corrected chi connectivity index (χ4v) is 1.65. The summed E-state index contributed by atoms with van der Waals surface area (Å²) in [5.74, 6) is 4.07. The van der Waals surface area contributed by atoms with E-state index in [2.05, 4.69) is 11.2 Å². The molecule has 0 saturated heterocycles. The van der Waals surface area contributed by atoms with Crippen molar-refractivity contribution in [3.8, 4) is 23.8 Å². The van der Waals surface area contributed by atoms with Gasteiger partial charge in [0.25, 0.3) is 0 Å². The first-order valence-corrected chi connectivity index (χ1v) is 5.11. The zero-order valence-corrected chi connectivity index (χ0v) is 8.90. The molecule has 1 unspecified atom stereocenters. The molecule has 1 aromatic carbocycles. The van der Waals surface area contributed by atoms with Gasteiger partial charge in [0.15, 0.2) is 11.5 Å². The van der Waals surface area contributed by atoms with Crippen molar-refractivity contribution in [2.45, 2.75) is 6.04 Å². The average molecular weight is 218 g/mol. The Hall–Kier alpha value is -1.70. The van der Waals surface area contributed by atoms with Crippen LogP contribution >= 0.6 is 0 Å². The molecule has 4 nitrogen and oxygen atoms in total. The summed E-state index contributed by atoms with van der Waals surface area (Å²) in [7, 11) is 0. The third-order valence-electron chi connectivity index (χ3n) is 2.49. The van der Waals surface area contributed by atoms with E-state index in [1.165, 1.54) is 0 Å². The molecule has 16 heavy (non-hydrogen) atoms. The van der Waals surface area contributed by atoms with Crippen molar-refractivity contribution in [3.05, 3.63) is 23.8 Å². The van der Waals surface area contributed by atoms with Gasteiger partial charge < -0.3 is 15.2 Å². The van der Waals surface area contributed by atoms with Crippen LogP contribution in [0.15, 0.2) is 18.2 Å². The highest BCUT2D eigenvalue weighted by Crippen LogP contribution is 2.33. The second-order valence-electron chi connectivity index (χ2n) is 3.49. The molecule has 1 aliphatic rings. The highest BCUT2D eigenvalue weighted by molar-refractivity contribution is 5.45. The number of fused-ring (bicyclic) bond motifs is 1. The van der Waals surface area contributed by atoms with E-state index < -0.39 is 0 Å². The van der Waals surface area contributed by atoms with Gasteiger partial charge in [-0.1, -0.05) is 12.0 Å². The van der Waals surface area contributed by atoms with E-state index in [0.717, 1.165) is 17.1 Å². The van der Waals surface area contributed by atoms with Crippen molar-refractivity contribution >= 4 is 0 Å². The van der Waals surface area contributed by atoms with Gasteiger partial charge in [-0.2, -0.15) is 0 Å². The van der Waals surface area contributed by atoms with E-state index in [4.69, 9.17) is 21.6 Å². The number of rotatable bonds is 4. The summed E-state index contributed by atoms with van der Waals surface area (Å²) in [6, 6.07) is 5.83. The predicted octanol–water partition coefficient (Wildman–Crippen LogP) is 0.638. The first-order chi connectivity index (χ1) is 7.85. The van der Waals surface area contributed by atoms with Crippen LogP contribution in [0, 0.1) is 12.3 Å². The number of nitrogens with two attached hydrogens (primary N) is 1. The fraction of sp³-hybridized carbons (Fsp3) is 0.333. The third kappa shape index (κ3) is 2.11. The first kappa shape index (κ1) is 10.8. The summed E-state index contributed by atoms with van der Waals surface area (Å²) in [4.78, 5) is 0. The van der Waals surface area contributed by atoms with Gasteiger partial charge in [0, 0.05) is 12.6 Å². The van der Waals surface area contributed by atoms with E-state index in [9.17, 15) is 0 Å². The second kappa shape index (κ2) is 4.88. The Morgan fingerprint density at radius 3 is 3.00 bits per heavy atom. The highest BCUT2D eigenvalue weighted by atomic mass is 16.7. The van der Waals surface area contributed by atoms with E-state index in [1.807, 2.05) is 18.2 Å². The minimum atomic E-state index is 0.0468. The molecular formula is C12H14N2O2. The lowest BCUT2D eigenvalue weighted by molar-refractivity contribution is 0.174. The molecule has 2 rings (SSSR count). The molecule has 1 aromatic rings. The van der Waals surface area contributed by atoms with Crippen LogP contribution in [0.3, 0.4) is 0 Å². The minimum Gasteiger partial charge on any atom is -0.454 e. The molecular weight excluding hydrogens is 204 g/mol. The maximum Gasteiger partial charge on any atom is 0.231 e. The maximum absolute atomic E-state index is 5.69. The lowest BCUT2D eigenvalue weighted by Gasteiger charge is -2.15. The van der Waals surface area contributed by atoms with Crippen LogP contribution < -0.4 is 20.5 Å². The summed E-state index contributed by atoms with van der Waals surface area (Å²) >= 11 is 0. The summed E-state index contributed by atoms with van der Waals surface area (Å²) in [5, 5.41) is 3.17. The van der Waals surface area contributed by atoms with Crippen LogP contribution in [0.4, 0.5) is 0 Å². The number of nitrogens with one attached hydrogen (secondary N) is 1. The van der Waals surface area contributed by atoms with E-state index in [0.29, 0.717) is 13.1 Å². The van der Waals surface area contributed by atoms with Gasteiger partial charge in [-0.25, -0.2) is 0 Å². The maximum atomic E-state index is 5.69. The van der Waals surface area contributed by atoms with E-state index in [-0.39, 0.29) is 12.8 Å². The van der Waals surface area contributed by atoms with Crippen LogP contribution in [0.25, 0.3) is 0 Å². The minimum absolute atomic E-state index is 0.0468. The Kier molecular flexibility index (Phi) is 3.30. The smallest absolute Gasteiger partial charge is 0.231 e. The number of terminal acetylenes is 1. The van der Waals surface area contributed by atoms with Crippen molar-refractivity contribution in [2.24, 2.45) is 5.73 Å². The van der Waals surface area contributed by atoms with Crippen LogP contribution in [-0.2, 0) is 0 Å². The Morgan fingerprint density at radius 2 is 2.25 bits per heavy atom. The van der Waals surface area contributed by atoms with Crippen molar-refractivity contribution in [1.29, 1.82) is 0 Å². The van der Waals surface area contributed by atoms with Gasteiger partial charge in [-0.3, -0.25) is 5.32 Å². The second-order valence-corrected chi connectivity index (χ2v) is 3.49. The molecule has 0 spiro atoms. The number of hydrogen-bond acceptors (Lipinski definition) is 4. The van der Waals surface area contributed by atoms with E-state index >= 15 is 0 Å². The SMILES string of the molecule is C#CCNC(CN)c1ccc2c(c1)OCO2. The monoisotopic (exact) mass is 218 g/mol. The summed E-state index contributed by atoms with van der Waals surface area (Å²) in [6.07, 6.45) is 5.20. The number of hydrogen-bond donors (Lipinski definition) is 2. The molecule has 0 aliphatic carbocycles. The first-order valence-electron chi connectivity index (χ1n) is 5.11. The van der Waals surface area contributed by atoms with Gasteiger partial charge in [0.1, 0.15) is 0 Å². The fourth-order valence-electron chi connectivity index (χ4n) is 1.65. The molecule has 0 saturated carbocycles. The third-order valence-corrected chi connectivity index (χ3v) is 2.49. The topological polar surface area (TPSA) is 56.5 Å². The molecule has 0 fully saturated rings. The van der Waals surface area contributed by atoms with Crippen LogP contribution in [0.1, 0.15) is 11.6 Å². The van der Waals surface area contributed by atoms with Gasteiger partial charge in [-0.15, -0.1) is 6.42 Å². The molecule has 0 bridgehead atoms. The molecule has 1 heterocycles. The van der Waals surface area contributed by atoms with Gasteiger partial charge in [0.05, 0.1) is 6.54 Å².